The lowest BCUT2D eigenvalue weighted by atomic mass is 9.95. The fourth-order valence-electron chi connectivity index (χ4n) is 3.10. The van der Waals surface area contributed by atoms with Crippen LogP contribution in [-0.4, -0.2) is 43.5 Å². The lowest BCUT2D eigenvalue weighted by Crippen LogP contribution is -2.41. The summed E-state index contributed by atoms with van der Waals surface area (Å²) in [6.07, 6.45) is 0.455. The van der Waals surface area contributed by atoms with Gasteiger partial charge in [0.1, 0.15) is 0 Å². The Hall–Kier alpha value is -1.93. The molecule has 2 N–H and O–H groups in total. The average Bonchev–Trinajstić information content (AvgIpc) is 2.88. The van der Waals surface area contributed by atoms with Crippen molar-refractivity contribution in [2.24, 2.45) is 0 Å². The minimum atomic E-state index is -3.28. The summed E-state index contributed by atoms with van der Waals surface area (Å²) < 4.78 is 25.6. The molecule has 0 radical (unpaired) electrons. The van der Waals surface area contributed by atoms with Gasteiger partial charge >= 0.3 is 0 Å². The van der Waals surface area contributed by atoms with Crippen LogP contribution in [0.3, 0.4) is 0 Å². The Labute approximate surface area is 135 Å². The Morgan fingerprint density at radius 1 is 1.43 bits per heavy atom. The molecule has 1 atom stereocenters. The normalized spacial score (nSPS) is 25.5. The molecule has 0 aromatic heterocycles. The van der Waals surface area contributed by atoms with Crippen molar-refractivity contribution in [1.29, 1.82) is 0 Å². The number of anilines is 1. The molecule has 1 fully saturated rings. The van der Waals surface area contributed by atoms with Crippen molar-refractivity contribution in [3.63, 3.8) is 0 Å². The van der Waals surface area contributed by atoms with E-state index in [0.717, 1.165) is 5.56 Å². The maximum atomic E-state index is 12.3. The number of fused-ring (bicyclic) bond motifs is 1. The van der Waals surface area contributed by atoms with Crippen molar-refractivity contribution in [3.8, 4) is 0 Å². The molecule has 1 unspecified atom stereocenters. The van der Waals surface area contributed by atoms with E-state index in [4.69, 9.17) is 0 Å². The van der Waals surface area contributed by atoms with Crippen LogP contribution < -0.4 is 10.0 Å². The van der Waals surface area contributed by atoms with E-state index < -0.39 is 15.6 Å². The van der Waals surface area contributed by atoms with Crippen LogP contribution in [0.5, 0.6) is 0 Å². The quantitative estimate of drug-likeness (QED) is 0.848. The fourth-order valence-corrected chi connectivity index (χ4v) is 4.85. The topological polar surface area (TPSA) is 95.6 Å². The molecule has 8 heteroatoms. The molecule has 3 rings (SSSR count). The molecule has 7 nitrogen and oxygen atoms in total. The van der Waals surface area contributed by atoms with Crippen molar-refractivity contribution in [1.82, 2.24) is 9.62 Å². The lowest BCUT2D eigenvalue weighted by Gasteiger charge is -2.22. The Morgan fingerprint density at radius 3 is 2.83 bits per heavy atom. The summed E-state index contributed by atoms with van der Waals surface area (Å²) in [5.74, 6) is -0.296. The number of nitrogens with one attached hydrogen (secondary N) is 2. The Morgan fingerprint density at radius 2 is 2.17 bits per heavy atom. The van der Waals surface area contributed by atoms with Gasteiger partial charge in [0.05, 0.1) is 5.75 Å². The first-order valence-electron chi connectivity index (χ1n) is 7.38. The van der Waals surface area contributed by atoms with Gasteiger partial charge in [-0.2, -0.15) is 0 Å². The number of amides is 2. The average molecular weight is 337 g/mol. The second-order valence-electron chi connectivity index (χ2n) is 6.45. The van der Waals surface area contributed by atoms with Crippen LogP contribution >= 0.6 is 0 Å². The number of rotatable bonds is 3. The predicted molar refractivity (Wildman–Crippen MR) is 85.4 cm³/mol. The first-order valence-corrected chi connectivity index (χ1v) is 9.03. The minimum absolute atomic E-state index is 0.0385. The zero-order valence-electron chi connectivity index (χ0n) is 13.0. The van der Waals surface area contributed by atoms with E-state index >= 15 is 0 Å². The van der Waals surface area contributed by atoms with Gasteiger partial charge in [0.25, 0.3) is 5.91 Å². The molecule has 2 amide bonds. The summed E-state index contributed by atoms with van der Waals surface area (Å²) in [6, 6.07) is 5.22. The molecule has 0 spiro atoms. The van der Waals surface area contributed by atoms with Gasteiger partial charge in [-0.05, 0) is 25.5 Å². The highest BCUT2D eigenvalue weighted by Crippen LogP contribution is 2.29. The third-order valence-corrected chi connectivity index (χ3v) is 5.84. The van der Waals surface area contributed by atoms with Gasteiger partial charge in [-0.15, -0.1) is 0 Å². The van der Waals surface area contributed by atoms with Crippen molar-refractivity contribution in [2.75, 3.05) is 18.1 Å². The van der Waals surface area contributed by atoms with Gasteiger partial charge in [-0.25, -0.2) is 13.1 Å². The van der Waals surface area contributed by atoms with Crippen LogP contribution in [0.2, 0.25) is 0 Å². The molecular formula is C15H19N3O4S. The molecular weight excluding hydrogens is 318 g/mol. The maximum absolute atomic E-state index is 12.3. The number of carbonyl (C=O) groups is 2. The van der Waals surface area contributed by atoms with Crippen molar-refractivity contribution < 1.29 is 18.0 Å². The van der Waals surface area contributed by atoms with Gasteiger partial charge < -0.3 is 10.2 Å². The van der Waals surface area contributed by atoms with Crippen LogP contribution in [0.4, 0.5) is 5.69 Å². The van der Waals surface area contributed by atoms with Gasteiger partial charge in [-0.3, -0.25) is 9.59 Å². The molecule has 0 aliphatic carbocycles. The minimum Gasteiger partial charge on any atom is -0.337 e. The summed E-state index contributed by atoms with van der Waals surface area (Å²) >= 11 is 0. The first-order chi connectivity index (χ1) is 10.7. The number of sulfonamides is 1. The largest absolute Gasteiger partial charge is 0.337 e. The molecule has 0 bridgehead atoms. The molecule has 124 valence electrons. The first kappa shape index (κ1) is 15.9. The predicted octanol–water partition coefficient (Wildman–Crippen LogP) is 0.683. The van der Waals surface area contributed by atoms with E-state index in [0.29, 0.717) is 24.2 Å². The Kier molecular flexibility index (Phi) is 3.68. The smallest absolute Gasteiger partial charge is 0.254 e. The highest BCUT2D eigenvalue weighted by Gasteiger charge is 2.39. The summed E-state index contributed by atoms with van der Waals surface area (Å²) in [6.45, 7) is 2.18. The molecule has 1 aromatic carbocycles. The highest BCUT2D eigenvalue weighted by atomic mass is 32.2. The second-order valence-corrected chi connectivity index (χ2v) is 8.29. The number of hydrogen-bond donors (Lipinski definition) is 2. The van der Waals surface area contributed by atoms with Gasteiger partial charge in [0, 0.05) is 42.4 Å². The van der Waals surface area contributed by atoms with E-state index in [1.165, 1.54) is 0 Å². The molecule has 2 heterocycles. The number of hydrogen-bond acceptors (Lipinski definition) is 4. The van der Waals surface area contributed by atoms with E-state index in [9.17, 15) is 18.0 Å². The van der Waals surface area contributed by atoms with Gasteiger partial charge in [-0.1, -0.05) is 6.07 Å². The molecule has 2 aliphatic heterocycles. The van der Waals surface area contributed by atoms with Crippen LogP contribution in [-0.2, 0) is 21.4 Å². The fraction of sp³-hybridized carbons (Fsp3) is 0.467. The Balaban J connectivity index is 1.74. The molecule has 1 aromatic rings. The number of carbonyl (C=O) groups excluding carboxylic acids is 2. The van der Waals surface area contributed by atoms with Gasteiger partial charge in [0.15, 0.2) is 0 Å². The van der Waals surface area contributed by atoms with Crippen LogP contribution in [0.1, 0.15) is 35.7 Å². The standard InChI is InChI=1S/C15H19N3O4S/c1-15(6-7-23(21,22)17-15)8-13(19)16-12-5-3-4-10-11(12)9-18(2)14(10)20/h3-5,17H,6-9H2,1-2H3,(H,16,19). The van der Waals surface area contributed by atoms with E-state index in [1.807, 2.05) is 0 Å². The van der Waals surface area contributed by atoms with E-state index in [1.54, 1.807) is 37.1 Å². The van der Waals surface area contributed by atoms with E-state index in [2.05, 4.69) is 10.0 Å². The zero-order valence-corrected chi connectivity index (χ0v) is 13.9. The summed E-state index contributed by atoms with van der Waals surface area (Å²) in [5.41, 5.74) is 1.24. The van der Waals surface area contributed by atoms with E-state index in [-0.39, 0.29) is 24.0 Å². The number of benzene rings is 1. The monoisotopic (exact) mass is 337 g/mol. The molecule has 0 saturated carbocycles. The summed E-state index contributed by atoms with van der Waals surface area (Å²) in [7, 11) is -1.57. The molecule has 23 heavy (non-hydrogen) atoms. The number of nitrogens with zero attached hydrogens (tertiary/aromatic N) is 1. The zero-order chi connectivity index (χ0) is 16.8. The molecule has 1 saturated heterocycles. The third-order valence-electron chi connectivity index (χ3n) is 4.30. The summed E-state index contributed by atoms with van der Waals surface area (Å²) in [4.78, 5) is 25.9. The lowest BCUT2D eigenvalue weighted by molar-refractivity contribution is -0.117. The van der Waals surface area contributed by atoms with Crippen LogP contribution in [0, 0.1) is 0 Å². The third kappa shape index (κ3) is 3.09. The highest BCUT2D eigenvalue weighted by molar-refractivity contribution is 7.89. The SMILES string of the molecule is CN1Cc2c(NC(=O)CC3(C)CCS(=O)(=O)N3)cccc2C1=O. The Bertz CT molecular complexity index is 790. The van der Waals surface area contributed by atoms with Crippen LogP contribution in [0.25, 0.3) is 0 Å². The molecule has 2 aliphatic rings. The van der Waals surface area contributed by atoms with Crippen LogP contribution in [0.15, 0.2) is 18.2 Å². The van der Waals surface area contributed by atoms with Gasteiger partial charge in [0.2, 0.25) is 15.9 Å². The summed E-state index contributed by atoms with van der Waals surface area (Å²) in [5, 5.41) is 2.81. The van der Waals surface area contributed by atoms with Crippen molar-refractivity contribution >= 4 is 27.5 Å². The second kappa shape index (κ2) is 5.31. The van der Waals surface area contributed by atoms with Crippen molar-refractivity contribution in [2.45, 2.75) is 31.8 Å². The maximum Gasteiger partial charge on any atom is 0.254 e. The van der Waals surface area contributed by atoms with Crippen molar-refractivity contribution in [3.05, 3.63) is 29.3 Å².